The molecular formula is C12H18BrNO. The summed E-state index contributed by atoms with van der Waals surface area (Å²) < 4.78 is 6.68. The summed E-state index contributed by atoms with van der Waals surface area (Å²) in [6, 6.07) is 6.52. The van der Waals surface area contributed by atoms with Crippen LogP contribution in [0.15, 0.2) is 22.7 Å². The maximum atomic E-state index is 5.58. The molecule has 0 fully saturated rings. The predicted octanol–water partition coefficient (Wildman–Crippen LogP) is 3.35. The van der Waals surface area contributed by atoms with Crippen molar-refractivity contribution in [3.8, 4) is 5.75 Å². The lowest BCUT2D eigenvalue weighted by atomic mass is 10.2. The van der Waals surface area contributed by atoms with Crippen LogP contribution in [0.3, 0.4) is 0 Å². The SMILES string of the molecule is CCOc1cccc(Br)c1CNC(C)C. The molecule has 0 atom stereocenters. The summed E-state index contributed by atoms with van der Waals surface area (Å²) in [7, 11) is 0. The first-order valence-electron chi connectivity index (χ1n) is 5.28. The summed E-state index contributed by atoms with van der Waals surface area (Å²) in [5.41, 5.74) is 1.19. The summed E-state index contributed by atoms with van der Waals surface area (Å²) >= 11 is 3.55. The molecule has 0 spiro atoms. The van der Waals surface area contributed by atoms with Gasteiger partial charge in [0.1, 0.15) is 5.75 Å². The van der Waals surface area contributed by atoms with E-state index in [9.17, 15) is 0 Å². The van der Waals surface area contributed by atoms with Gasteiger partial charge in [-0.3, -0.25) is 0 Å². The van der Waals surface area contributed by atoms with Crippen LogP contribution in [0.2, 0.25) is 0 Å². The molecule has 0 aliphatic rings. The van der Waals surface area contributed by atoms with Gasteiger partial charge in [-0.2, -0.15) is 0 Å². The van der Waals surface area contributed by atoms with Crippen LogP contribution in [0.4, 0.5) is 0 Å². The minimum absolute atomic E-state index is 0.478. The van der Waals surface area contributed by atoms with Gasteiger partial charge in [-0.1, -0.05) is 35.8 Å². The Kier molecular flexibility index (Phi) is 5.12. The molecular weight excluding hydrogens is 254 g/mol. The van der Waals surface area contributed by atoms with E-state index in [-0.39, 0.29) is 0 Å². The molecule has 0 aliphatic heterocycles. The number of halogens is 1. The molecule has 1 aromatic carbocycles. The molecule has 2 nitrogen and oxygen atoms in total. The van der Waals surface area contributed by atoms with Gasteiger partial charge in [0.15, 0.2) is 0 Å². The van der Waals surface area contributed by atoms with E-state index in [1.54, 1.807) is 0 Å². The van der Waals surface area contributed by atoms with E-state index in [4.69, 9.17) is 4.74 Å². The fraction of sp³-hybridized carbons (Fsp3) is 0.500. The van der Waals surface area contributed by atoms with Crippen LogP contribution in [0.5, 0.6) is 5.75 Å². The minimum atomic E-state index is 0.478. The largest absolute Gasteiger partial charge is 0.494 e. The van der Waals surface area contributed by atoms with Crippen molar-refractivity contribution in [3.05, 3.63) is 28.2 Å². The predicted molar refractivity (Wildman–Crippen MR) is 67.3 cm³/mol. The Bertz CT molecular complexity index is 312. The molecule has 15 heavy (non-hydrogen) atoms. The van der Waals surface area contributed by atoms with Crippen LogP contribution in [0, 0.1) is 0 Å². The zero-order valence-corrected chi connectivity index (χ0v) is 11.1. The van der Waals surface area contributed by atoms with Crippen molar-refractivity contribution in [2.45, 2.75) is 33.4 Å². The van der Waals surface area contributed by atoms with E-state index in [0.717, 1.165) is 16.8 Å². The zero-order chi connectivity index (χ0) is 11.3. The molecule has 0 heterocycles. The highest BCUT2D eigenvalue weighted by Crippen LogP contribution is 2.26. The van der Waals surface area contributed by atoms with E-state index < -0.39 is 0 Å². The first kappa shape index (κ1) is 12.5. The van der Waals surface area contributed by atoms with Crippen LogP contribution in [-0.2, 0) is 6.54 Å². The zero-order valence-electron chi connectivity index (χ0n) is 9.51. The van der Waals surface area contributed by atoms with Crippen molar-refractivity contribution in [1.82, 2.24) is 5.32 Å². The second kappa shape index (κ2) is 6.13. The summed E-state index contributed by atoms with van der Waals surface area (Å²) in [6.45, 7) is 7.80. The van der Waals surface area contributed by atoms with E-state index in [1.165, 1.54) is 5.56 Å². The Morgan fingerprint density at radius 3 is 2.73 bits per heavy atom. The van der Waals surface area contributed by atoms with Crippen molar-refractivity contribution in [3.63, 3.8) is 0 Å². The van der Waals surface area contributed by atoms with Gasteiger partial charge in [0.2, 0.25) is 0 Å². The number of hydrogen-bond acceptors (Lipinski definition) is 2. The van der Waals surface area contributed by atoms with Crippen molar-refractivity contribution < 1.29 is 4.74 Å². The third-order valence-electron chi connectivity index (χ3n) is 2.06. The number of ether oxygens (including phenoxy) is 1. The van der Waals surface area contributed by atoms with Crippen molar-refractivity contribution in [2.24, 2.45) is 0 Å². The standard InChI is InChI=1S/C12H18BrNO/c1-4-15-12-7-5-6-11(13)10(12)8-14-9(2)3/h5-7,9,14H,4,8H2,1-3H3. The Morgan fingerprint density at radius 2 is 2.13 bits per heavy atom. The number of hydrogen-bond donors (Lipinski definition) is 1. The van der Waals surface area contributed by atoms with E-state index >= 15 is 0 Å². The molecule has 1 rings (SSSR count). The van der Waals surface area contributed by atoms with E-state index in [2.05, 4.69) is 35.1 Å². The van der Waals surface area contributed by atoms with Gasteiger partial charge in [-0.25, -0.2) is 0 Å². The normalized spacial score (nSPS) is 10.7. The van der Waals surface area contributed by atoms with Gasteiger partial charge in [0.05, 0.1) is 6.61 Å². The molecule has 1 aromatic rings. The minimum Gasteiger partial charge on any atom is -0.494 e. The molecule has 3 heteroatoms. The van der Waals surface area contributed by atoms with E-state index in [0.29, 0.717) is 12.6 Å². The molecule has 84 valence electrons. The summed E-state index contributed by atoms with van der Waals surface area (Å²) in [4.78, 5) is 0. The smallest absolute Gasteiger partial charge is 0.124 e. The van der Waals surface area contributed by atoms with Gasteiger partial charge in [0.25, 0.3) is 0 Å². The lowest BCUT2D eigenvalue weighted by Crippen LogP contribution is -2.22. The van der Waals surface area contributed by atoms with Gasteiger partial charge in [-0.15, -0.1) is 0 Å². The average molecular weight is 272 g/mol. The van der Waals surface area contributed by atoms with Gasteiger partial charge in [-0.05, 0) is 19.1 Å². The highest BCUT2D eigenvalue weighted by atomic mass is 79.9. The second-order valence-electron chi connectivity index (χ2n) is 3.69. The third kappa shape index (κ3) is 3.84. The second-order valence-corrected chi connectivity index (χ2v) is 4.54. The van der Waals surface area contributed by atoms with Crippen LogP contribution >= 0.6 is 15.9 Å². The summed E-state index contributed by atoms with van der Waals surface area (Å²) in [6.07, 6.45) is 0. The van der Waals surface area contributed by atoms with Crippen molar-refractivity contribution in [2.75, 3.05) is 6.61 Å². The van der Waals surface area contributed by atoms with Crippen LogP contribution in [0.1, 0.15) is 26.3 Å². The van der Waals surface area contributed by atoms with E-state index in [1.807, 2.05) is 25.1 Å². The summed E-state index contributed by atoms with van der Waals surface area (Å²) in [5, 5.41) is 3.39. The molecule has 1 N–H and O–H groups in total. The fourth-order valence-corrected chi connectivity index (χ4v) is 1.80. The Balaban J connectivity index is 2.81. The number of rotatable bonds is 5. The maximum absolute atomic E-state index is 5.58. The van der Waals surface area contributed by atoms with Gasteiger partial charge < -0.3 is 10.1 Å². The maximum Gasteiger partial charge on any atom is 0.124 e. The first-order chi connectivity index (χ1) is 7.15. The Labute approximate surface area is 100 Å². The van der Waals surface area contributed by atoms with Crippen LogP contribution in [0.25, 0.3) is 0 Å². The number of nitrogens with one attached hydrogen (secondary N) is 1. The van der Waals surface area contributed by atoms with Gasteiger partial charge >= 0.3 is 0 Å². The summed E-state index contributed by atoms with van der Waals surface area (Å²) in [5.74, 6) is 0.958. The van der Waals surface area contributed by atoms with Crippen LogP contribution in [-0.4, -0.2) is 12.6 Å². The van der Waals surface area contributed by atoms with Crippen molar-refractivity contribution >= 4 is 15.9 Å². The monoisotopic (exact) mass is 271 g/mol. The average Bonchev–Trinajstić information content (AvgIpc) is 2.17. The lowest BCUT2D eigenvalue weighted by molar-refractivity contribution is 0.334. The molecule has 0 aliphatic carbocycles. The topological polar surface area (TPSA) is 21.3 Å². The number of benzene rings is 1. The fourth-order valence-electron chi connectivity index (χ4n) is 1.31. The van der Waals surface area contributed by atoms with Crippen molar-refractivity contribution in [1.29, 1.82) is 0 Å². The molecule has 0 bridgehead atoms. The third-order valence-corrected chi connectivity index (χ3v) is 2.81. The lowest BCUT2D eigenvalue weighted by Gasteiger charge is -2.14. The first-order valence-corrected chi connectivity index (χ1v) is 6.08. The Hall–Kier alpha value is -0.540. The molecule has 0 amide bonds. The molecule has 0 saturated carbocycles. The highest BCUT2D eigenvalue weighted by molar-refractivity contribution is 9.10. The molecule has 0 radical (unpaired) electrons. The quantitative estimate of drug-likeness (QED) is 0.887. The molecule has 0 aromatic heterocycles. The van der Waals surface area contributed by atoms with Gasteiger partial charge in [0, 0.05) is 22.6 Å². The Morgan fingerprint density at radius 1 is 1.40 bits per heavy atom. The highest BCUT2D eigenvalue weighted by Gasteiger charge is 2.07. The molecule has 0 saturated heterocycles. The van der Waals surface area contributed by atoms with Crippen LogP contribution < -0.4 is 10.1 Å². The molecule has 0 unspecified atom stereocenters.